The molecule has 0 fully saturated rings. The number of benzene rings is 2. The zero-order valence-corrected chi connectivity index (χ0v) is 16.9. The largest absolute Gasteiger partial charge is 0.491 e. The second kappa shape index (κ2) is 11.7. The zero-order valence-electron chi connectivity index (χ0n) is 16.9. The van der Waals surface area contributed by atoms with Gasteiger partial charge < -0.3 is 25.8 Å². The third kappa shape index (κ3) is 7.83. The first-order valence-corrected chi connectivity index (χ1v) is 9.71. The highest BCUT2D eigenvalue weighted by Crippen LogP contribution is 2.13. The minimum Gasteiger partial charge on any atom is -0.491 e. The lowest BCUT2D eigenvalue weighted by Crippen LogP contribution is -2.49. The van der Waals surface area contributed by atoms with Gasteiger partial charge in [-0.25, -0.2) is 4.79 Å². The van der Waals surface area contributed by atoms with Crippen molar-refractivity contribution in [2.45, 2.75) is 32.9 Å². The van der Waals surface area contributed by atoms with Crippen molar-refractivity contribution in [3.05, 3.63) is 60.2 Å². The van der Waals surface area contributed by atoms with Crippen LogP contribution in [0.1, 0.15) is 25.8 Å². The zero-order chi connectivity index (χ0) is 21.1. The summed E-state index contributed by atoms with van der Waals surface area (Å²) >= 11 is 0. The van der Waals surface area contributed by atoms with Gasteiger partial charge in [0.2, 0.25) is 5.91 Å². The molecule has 7 nitrogen and oxygen atoms in total. The highest BCUT2D eigenvalue weighted by Gasteiger charge is 2.23. The number of rotatable bonds is 11. The molecule has 2 aromatic carbocycles. The van der Waals surface area contributed by atoms with Crippen molar-refractivity contribution < 1.29 is 19.1 Å². The maximum absolute atomic E-state index is 12.2. The minimum atomic E-state index is -0.712. The van der Waals surface area contributed by atoms with Gasteiger partial charge in [-0.15, -0.1) is 0 Å². The minimum absolute atomic E-state index is 0.0453. The van der Waals surface area contributed by atoms with Gasteiger partial charge in [-0.3, -0.25) is 4.79 Å². The van der Waals surface area contributed by atoms with Crippen LogP contribution < -0.4 is 21.1 Å². The van der Waals surface area contributed by atoms with Gasteiger partial charge >= 0.3 is 6.03 Å². The predicted octanol–water partition coefficient (Wildman–Crippen LogP) is 3.30. The Kier molecular flexibility index (Phi) is 8.98. The monoisotopic (exact) mass is 399 g/mol. The van der Waals surface area contributed by atoms with Crippen LogP contribution in [0.3, 0.4) is 0 Å². The van der Waals surface area contributed by atoms with Crippen molar-refractivity contribution in [3.8, 4) is 5.75 Å². The molecule has 0 spiro atoms. The Hall–Kier alpha value is -3.06. The number of anilines is 1. The molecule has 7 heteroatoms. The number of para-hydroxylation sites is 1. The van der Waals surface area contributed by atoms with E-state index in [2.05, 4.69) is 10.6 Å². The van der Waals surface area contributed by atoms with Crippen LogP contribution >= 0.6 is 0 Å². The van der Waals surface area contributed by atoms with E-state index < -0.39 is 18.0 Å². The van der Waals surface area contributed by atoms with Crippen molar-refractivity contribution in [3.63, 3.8) is 0 Å². The Balaban J connectivity index is 1.78. The molecule has 0 heterocycles. The summed E-state index contributed by atoms with van der Waals surface area (Å²) in [5.74, 6) is 0.213. The molecule has 29 heavy (non-hydrogen) atoms. The molecule has 0 saturated heterocycles. The summed E-state index contributed by atoms with van der Waals surface area (Å²) in [4.78, 5) is 23.8. The van der Waals surface area contributed by atoms with Crippen molar-refractivity contribution in [1.29, 1.82) is 0 Å². The van der Waals surface area contributed by atoms with E-state index in [1.165, 1.54) is 0 Å². The van der Waals surface area contributed by atoms with Gasteiger partial charge in [-0.05, 0) is 35.7 Å². The third-order valence-corrected chi connectivity index (χ3v) is 4.50. The number of amides is 3. The molecular formula is C22H29N3O4. The predicted molar refractivity (Wildman–Crippen MR) is 113 cm³/mol. The Morgan fingerprint density at radius 2 is 1.83 bits per heavy atom. The number of carbonyl (C=O) groups is 2. The van der Waals surface area contributed by atoms with Crippen molar-refractivity contribution >= 4 is 17.6 Å². The summed E-state index contributed by atoms with van der Waals surface area (Å²) in [5, 5.41) is 5.37. The van der Waals surface area contributed by atoms with E-state index in [0.29, 0.717) is 25.5 Å². The van der Waals surface area contributed by atoms with Gasteiger partial charge in [0.05, 0.1) is 13.2 Å². The Labute approximate surface area is 171 Å². The number of primary amides is 1. The fourth-order valence-corrected chi connectivity index (χ4v) is 2.70. The maximum atomic E-state index is 12.2. The normalized spacial score (nSPS) is 12.6. The van der Waals surface area contributed by atoms with E-state index in [4.69, 9.17) is 15.2 Å². The molecule has 4 N–H and O–H groups in total. The van der Waals surface area contributed by atoms with Gasteiger partial charge in [0.15, 0.2) is 0 Å². The number of nitrogens with one attached hydrogen (secondary N) is 2. The summed E-state index contributed by atoms with van der Waals surface area (Å²) in [6, 6.07) is 15.7. The van der Waals surface area contributed by atoms with Gasteiger partial charge in [0.25, 0.3) is 0 Å². The number of carbonyl (C=O) groups excluding carboxylic acids is 2. The number of urea groups is 1. The van der Waals surface area contributed by atoms with Crippen LogP contribution in [0.15, 0.2) is 54.6 Å². The summed E-state index contributed by atoms with van der Waals surface area (Å²) < 4.78 is 11.2. The molecule has 3 amide bonds. The Morgan fingerprint density at radius 1 is 1.07 bits per heavy atom. The fraction of sp³-hybridized carbons (Fsp3) is 0.364. The van der Waals surface area contributed by atoms with E-state index >= 15 is 0 Å². The number of hydrogen-bond donors (Lipinski definition) is 3. The molecule has 2 unspecified atom stereocenters. The van der Waals surface area contributed by atoms with Crippen LogP contribution in [0.2, 0.25) is 0 Å². The molecule has 2 rings (SSSR count). The Morgan fingerprint density at radius 3 is 2.52 bits per heavy atom. The van der Waals surface area contributed by atoms with Crippen LogP contribution in [-0.4, -0.2) is 31.2 Å². The van der Waals surface area contributed by atoms with E-state index in [-0.39, 0.29) is 5.92 Å². The molecule has 2 aromatic rings. The molecule has 0 radical (unpaired) electrons. The SMILES string of the molecule is CCC(C)C(NC(=O)Nc1cccc(COCCOc2ccccc2)c1)C(N)=O. The highest BCUT2D eigenvalue weighted by atomic mass is 16.5. The molecule has 0 aliphatic carbocycles. The second-order valence-electron chi connectivity index (χ2n) is 6.78. The molecule has 0 aromatic heterocycles. The van der Waals surface area contributed by atoms with Crippen LogP contribution in [0.5, 0.6) is 5.75 Å². The summed E-state index contributed by atoms with van der Waals surface area (Å²) in [6.45, 7) is 5.10. The van der Waals surface area contributed by atoms with Gasteiger partial charge in [-0.2, -0.15) is 0 Å². The smallest absolute Gasteiger partial charge is 0.319 e. The molecular weight excluding hydrogens is 370 g/mol. The number of hydrogen-bond acceptors (Lipinski definition) is 4. The quantitative estimate of drug-likeness (QED) is 0.505. The highest BCUT2D eigenvalue weighted by molar-refractivity contribution is 5.93. The molecule has 156 valence electrons. The summed E-state index contributed by atoms with van der Waals surface area (Å²) in [6.07, 6.45) is 0.731. The molecule has 0 bridgehead atoms. The first-order valence-electron chi connectivity index (χ1n) is 9.71. The van der Waals surface area contributed by atoms with Crippen LogP contribution in [0.25, 0.3) is 0 Å². The second-order valence-corrected chi connectivity index (χ2v) is 6.78. The van der Waals surface area contributed by atoms with E-state index in [1.54, 1.807) is 6.07 Å². The van der Waals surface area contributed by atoms with Gasteiger partial charge in [0, 0.05) is 5.69 Å². The van der Waals surface area contributed by atoms with Crippen LogP contribution in [0, 0.1) is 5.92 Å². The number of nitrogens with two attached hydrogens (primary N) is 1. The lowest BCUT2D eigenvalue weighted by molar-refractivity contribution is -0.120. The lowest BCUT2D eigenvalue weighted by Gasteiger charge is -2.21. The maximum Gasteiger partial charge on any atom is 0.319 e. The van der Waals surface area contributed by atoms with Crippen molar-refractivity contribution in [2.24, 2.45) is 11.7 Å². The van der Waals surface area contributed by atoms with Gasteiger partial charge in [-0.1, -0.05) is 50.6 Å². The van der Waals surface area contributed by atoms with E-state index in [9.17, 15) is 9.59 Å². The number of ether oxygens (including phenoxy) is 2. The topological polar surface area (TPSA) is 103 Å². The summed E-state index contributed by atoms with van der Waals surface area (Å²) in [5.41, 5.74) is 6.91. The molecule has 0 saturated carbocycles. The van der Waals surface area contributed by atoms with Crippen LogP contribution in [0.4, 0.5) is 10.5 Å². The molecule has 2 atom stereocenters. The lowest BCUT2D eigenvalue weighted by atomic mass is 9.99. The summed E-state index contributed by atoms with van der Waals surface area (Å²) in [7, 11) is 0. The van der Waals surface area contributed by atoms with Crippen molar-refractivity contribution in [2.75, 3.05) is 18.5 Å². The average molecular weight is 399 g/mol. The Bertz CT molecular complexity index is 783. The van der Waals surface area contributed by atoms with Crippen LogP contribution in [-0.2, 0) is 16.1 Å². The van der Waals surface area contributed by atoms with E-state index in [0.717, 1.165) is 17.7 Å². The van der Waals surface area contributed by atoms with Gasteiger partial charge in [0.1, 0.15) is 18.4 Å². The first kappa shape index (κ1) is 22.2. The first-order chi connectivity index (χ1) is 14.0. The fourth-order valence-electron chi connectivity index (χ4n) is 2.70. The third-order valence-electron chi connectivity index (χ3n) is 4.50. The average Bonchev–Trinajstić information content (AvgIpc) is 2.72. The van der Waals surface area contributed by atoms with Crippen molar-refractivity contribution in [1.82, 2.24) is 5.32 Å². The van der Waals surface area contributed by atoms with E-state index in [1.807, 2.05) is 62.4 Å². The molecule has 0 aliphatic rings. The molecule has 0 aliphatic heterocycles. The standard InChI is InChI=1S/C22H29N3O4/c1-3-16(2)20(21(23)26)25-22(27)24-18-9-7-8-17(14-18)15-28-12-13-29-19-10-5-4-6-11-19/h4-11,14,16,20H,3,12-13,15H2,1-2H3,(H2,23,26)(H2,24,25,27).